The van der Waals surface area contributed by atoms with Gasteiger partial charge in [-0.15, -0.1) is 0 Å². The average molecular weight is 594 g/mol. The number of piperazine rings is 1. The molecule has 1 fully saturated rings. The molecule has 4 amide bonds. The zero-order valence-electron chi connectivity index (χ0n) is 23.6. The number of carbonyl (C=O) groups excluding carboxylic acids is 3. The first-order valence-electron chi connectivity index (χ1n) is 13.5. The number of hydrazine groups is 1. The minimum Gasteiger partial charge on any atom is -0.322 e. The summed E-state index contributed by atoms with van der Waals surface area (Å²) in [5.74, 6) is -3.43. The smallest absolute Gasteiger partial charge is 0.322 e. The monoisotopic (exact) mass is 593 g/mol. The lowest BCUT2D eigenvalue weighted by atomic mass is 10.0. The summed E-state index contributed by atoms with van der Waals surface area (Å²) >= 11 is 0. The normalized spacial score (nSPS) is 13.8. The van der Waals surface area contributed by atoms with E-state index in [0.29, 0.717) is 31.9 Å². The molecule has 0 aliphatic carbocycles. The lowest BCUT2D eigenvalue weighted by Crippen LogP contribution is -2.52. The van der Waals surface area contributed by atoms with Crippen LogP contribution in [0.4, 0.5) is 23.7 Å². The Balaban J connectivity index is 1.43. The summed E-state index contributed by atoms with van der Waals surface area (Å²) in [4.78, 5) is 42.5. The third-order valence-corrected chi connectivity index (χ3v) is 7.38. The molecule has 10 nitrogen and oxygen atoms in total. The third-order valence-electron chi connectivity index (χ3n) is 7.38. The summed E-state index contributed by atoms with van der Waals surface area (Å²) in [6, 6.07) is 16.7. The number of amides is 4. The fourth-order valence-electron chi connectivity index (χ4n) is 4.87. The quantitative estimate of drug-likeness (QED) is 0.332. The molecule has 4 aromatic rings. The van der Waals surface area contributed by atoms with Crippen molar-refractivity contribution in [1.82, 2.24) is 30.4 Å². The molecular weight excluding hydrogens is 563 g/mol. The van der Waals surface area contributed by atoms with E-state index < -0.39 is 24.1 Å². The van der Waals surface area contributed by atoms with E-state index in [1.165, 1.54) is 17.0 Å². The van der Waals surface area contributed by atoms with Crippen molar-refractivity contribution in [3.63, 3.8) is 0 Å². The number of aromatic nitrogens is 2. The Kier molecular flexibility index (Phi) is 8.62. The van der Waals surface area contributed by atoms with Crippen molar-refractivity contribution in [2.75, 3.05) is 38.1 Å². The van der Waals surface area contributed by atoms with Gasteiger partial charge in [0.05, 0.1) is 18.3 Å². The number of hydrogen-bond donors (Lipinski definition) is 2. The van der Waals surface area contributed by atoms with E-state index in [0.717, 1.165) is 28.1 Å². The number of hydrogen-bond acceptors (Lipinski definition) is 5. The Morgan fingerprint density at radius 1 is 0.930 bits per heavy atom. The number of nitrogens with zero attached hydrogens (tertiary/aromatic N) is 5. The lowest BCUT2D eigenvalue weighted by molar-refractivity contribution is -0.132. The SMILES string of the molecule is CN1CCN(C(=O)N(Cc2ccc(C(=O)NNC(=O)C(F)F)cc2F)c2cccc(-c3ccc4c(cnn4C)c3)c2)CC1. The Hall–Kier alpha value is -4.91. The van der Waals surface area contributed by atoms with E-state index in [-0.39, 0.29) is 23.7 Å². The van der Waals surface area contributed by atoms with Crippen LogP contribution in [0.25, 0.3) is 22.0 Å². The fourth-order valence-corrected chi connectivity index (χ4v) is 4.87. The molecule has 0 bridgehead atoms. The van der Waals surface area contributed by atoms with Gasteiger partial charge in [0.2, 0.25) is 0 Å². The van der Waals surface area contributed by atoms with Crippen molar-refractivity contribution >= 4 is 34.4 Å². The Labute approximate surface area is 245 Å². The van der Waals surface area contributed by atoms with Gasteiger partial charge >= 0.3 is 18.4 Å². The zero-order valence-corrected chi connectivity index (χ0v) is 23.6. The predicted molar refractivity (Wildman–Crippen MR) is 155 cm³/mol. The Morgan fingerprint density at radius 3 is 2.40 bits per heavy atom. The molecular formula is C30H30F3N7O3. The summed E-state index contributed by atoms with van der Waals surface area (Å²) < 4.78 is 41.9. The molecule has 0 saturated carbocycles. The minimum absolute atomic E-state index is 0.133. The maximum absolute atomic E-state index is 15.3. The molecule has 43 heavy (non-hydrogen) atoms. The lowest BCUT2D eigenvalue weighted by Gasteiger charge is -2.36. The summed E-state index contributed by atoms with van der Waals surface area (Å²) in [5.41, 5.74) is 6.67. The van der Waals surface area contributed by atoms with Crippen molar-refractivity contribution in [1.29, 1.82) is 0 Å². The van der Waals surface area contributed by atoms with Gasteiger partial charge in [-0.1, -0.05) is 24.3 Å². The number of rotatable bonds is 6. The van der Waals surface area contributed by atoms with Gasteiger partial charge < -0.3 is 9.80 Å². The first kappa shape index (κ1) is 29.6. The number of nitrogens with one attached hydrogen (secondary N) is 2. The molecule has 5 rings (SSSR count). The maximum atomic E-state index is 15.3. The van der Waals surface area contributed by atoms with Crippen LogP contribution in [0, 0.1) is 5.82 Å². The Morgan fingerprint density at radius 2 is 1.67 bits per heavy atom. The molecule has 0 spiro atoms. The molecule has 13 heteroatoms. The number of likely N-dealkylation sites (N-methyl/N-ethyl adjacent to an activating group) is 1. The molecule has 1 aromatic heterocycles. The van der Waals surface area contributed by atoms with E-state index in [1.807, 2.05) is 55.9 Å². The van der Waals surface area contributed by atoms with Crippen molar-refractivity contribution in [3.05, 3.63) is 83.8 Å². The molecule has 0 atom stereocenters. The van der Waals surface area contributed by atoms with Gasteiger partial charge in [0.25, 0.3) is 5.91 Å². The van der Waals surface area contributed by atoms with E-state index >= 15 is 4.39 Å². The van der Waals surface area contributed by atoms with E-state index in [1.54, 1.807) is 27.3 Å². The van der Waals surface area contributed by atoms with Crippen LogP contribution in [0.2, 0.25) is 0 Å². The topological polar surface area (TPSA) is 103 Å². The molecule has 1 aliphatic rings. The standard InChI is InChI=1S/C30H30F3N7O3/c1-37-10-12-39(13-11-37)30(43)40(18-22-7-6-21(16-25(22)31)28(41)35-36-29(42)27(32)33)24-5-3-4-19(15-24)20-8-9-26-23(14-20)17-34-38(26)2/h3-9,14-17,27H,10-13,18H2,1-2H3,(H,35,41)(H,36,42). The van der Waals surface area contributed by atoms with Gasteiger partial charge in [-0.05, 0) is 54.6 Å². The zero-order chi connectivity index (χ0) is 30.7. The second-order valence-electron chi connectivity index (χ2n) is 10.3. The fraction of sp³-hybridized carbons (Fsp3) is 0.267. The number of carbonyl (C=O) groups is 3. The van der Waals surface area contributed by atoms with E-state index in [4.69, 9.17) is 0 Å². The third kappa shape index (κ3) is 6.61. The number of benzene rings is 3. The van der Waals surface area contributed by atoms with Gasteiger partial charge in [0.1, 0.15) is 5.82 Å². The highest BCUT2D eigenvalue weighted by atomic mass is 19.3. The second-order valence-corrected chi connectivity index (χ2v) is 10.3. The first-order chi connectivity index (χ1) is 20.6. The van der Waals surface area contributed by atoms with Crippen LogP contribution in [-0.4, -0.2) is 77.1 Å². The highest BCUT2D eigenvalue weighted by molar-refractivity contribution is 5.96. The van der Waals surface area contributed by atoms with Crippen molar-refractivity contribution in [3.8, 4) is 11.1 Å². The predicted octanol–water partition coefficient (Wildman–Crippen LogP) is 3.78. The van der Waals surface area contributed by atoms with Crippen LogP contribution in [0.15, 0.2) is 66.9 Å². The summed E-state index contributed by atoms with van der Waals surface area (Å²) in [6.07, 6.45) is -1.54. The summed E-state index contributed by atoms with van der Waals surface area (Å²) in [6.45, 7) is 2.28. The van der Waals surface area contributed by atoms with Crippen LogP contribution in [0.5, 0.6) is 0 Å². The number of anilines is 1. The van der Waals surface area contributed by atoms with Crippen molar-refractivity contribution < 1.29 is 27.6 Å². The molecule has 0 unspecified atom stereocenters. The van der Waals surface area contributed by atoms with E-state index in [9.17, 15) is 23.2 Å². The van der Waals surface area contributed by atoms with Gasteiger partial charge in [-0.25, -0.2) is 9.18 Å². The summed E-state index contributed by atoms with van der Waals surface area (Å²) in [7, 11) is 3.85. The molecule has 1 aliphatic heterocycles. The van der Waals surface area contributed by atoms with Crippen molar-refractivity contribution in [2.24, 2.45) is 7.05 Å². The number of aryl methyl sites for hydroxylation is 1. The number of urea groups is 1. The first-order valence-corrected chi connectivity index (χ1v) is 13.5. The highest BCUT2D eigenvalue weighted by Gasteiger charge is 2.27. The minimum atomic E-state index is -3.32. The maximum Gasteiger partial charge on any atom is 0.324 e. The van der Waals surface area contributed by atoms with Crippen LogP contribution in [-0.2, 0) is 18.4 Å². The van der Waals surface area contributed by atoms with E-state index in [2.05, 4.69) is 10.00 Å². The van der Waals surface area contributed by atoms with Crippen LogP contribution < -0.4 is 15.8 Å². The second kappa shape index (κ2) is 12.5. The largest absolute Gasteiger partial charge is 0.324 e. The van der Waals surface area contributed by atoms with Gasteiger partial charge in [0.15, 0.2) is 0 Å². The molecule has 0 radical (unpaired) electrons. The van der Waals surface area contributed by atoms with Crippen LogP contribution in [0.1, 0.15) is 15.9 Å². The number of fused-ring (bicyclic) bond motifs is 1. The molecule has 2 N–H and O–H groups in total. The molecule has 1 saturated heterocycles. The van der Waals surface area contributed by atoms with Gasteiger partial charge in [-0.3, -0.25) is 30.0 Å². The van der Waals surface area contributed by atoms with Gasteiger partial charge in [-0.2, -0.15) is 13.9 Å². The molecule has 2 heterocycles. The average Bonchev–Trinajstić information content (AvgIpc) is 3.38. The van der Waals surface area contributed by atoms with Gasteiger partial charge in [0, 0.05) is 55.4 Å². The summed E-state index contributed by atoms with van der Waals surface area (Å²) in [5, 5.41) is 5.27. The van der Waals surface area contributed by atoms with Crippen LogP contribution >= 0.6 is 0 Å². The highest BCUT2D eigenvalue weighted by Crippen LogP contribution is 2.29. The number of halogens is 3. The van der Waals surface area contributed by atoms with Crippen molar-refractivity contribution in [2.45, 2.75) is 13.0 Å². The Bertz CT molecular complexity index is 1670. The molecule has 224 valence electrons. The number of alkyl halides is 2. The molecule has 3 aromatic carbocycles. The van der Waals surface area contributed by atoms with Crippen LogP contribution in [0.3, 0.4) is 0 Å².